The Morgan fingerprint density at radius 1 is 1.47 bits per heavy atom. The second kappa shape index (κ2) is 3.25. The van der Waals surface area contributed by atoms with Gasteiger partial charge in [0.25, 0.3) is 0 Å². The second-order valence-corrected chi connectivity index (χ2v) is 4.34. The third-order valence-corrected chi connectivity index (χ3v) is 2.69. The zero-order valence-electron chi connectivity index (χ0n) is 7.54. The summed E-state index contributed by atoms with van der Waals surface area (Å²) in [6, 6.07) is 4.65. The maximum absolute atomic E-state index is 11.1. The zero-order chi connectivity index (χ0) is 11.1. The van der Waals surface area contributed by atoms with Crippen LogP contribution in [-0.4, -0.2) is 10.8 Å². The molecule has 15 heavy (non-hydrogen) atoms. The van der Waals surface area contributed by atoms with Gasteiger partial charge in [-0.25, -0.2) is 4.57 Å². The van der Waals surface area contributed by atoms with E-state index in [2.05, 4.69) is 4.52 Å². The van der Waals surface area contributed by atoms with Crippen LogP contribution >= 0.6 is 7.82 Å². The number of hydrogen-bond donors (Lipinski definition) is 2. The van der Waals surface area contributed by atoms with Gasteiger partial charge in [0.1, 0.15) is 0 Å². The molecule has 2 rings (SSSR count). The predicted octanol–water partition coefficient (Wildman–Crippen LogP) is 0.586. The van der Waals surface area contributed by atoms with Crippen molar-refractivity contribution in [2.24, 2.45) is 5.73 Å². The van der Waals surface area contributed by atoms with Crippen molar-refractivity contribution in [3.05, 3.63) is 23.8 Å². The van der Waals surface area contributed by atoms with Gasteiger partial charge in [0.05, 0.1) is 6.42 Å². The first-order valence-corrected chi connectivity index (χ1v) is 5.60. The highest BCUT2D eigenvalue weighted by Crippen LogP contribution is 2.56. The van der Waals surface area contributed by atoms with Crippen LogP contribution in [0.1, 0.15) is 5.56 Å². The zero-order valence-corrected chi connectivity index (χ0v) is 8.44. The highest BCUT2D eigenvalue weighted by atomic mass is 31.2. The molecule has 1 aliphatic heterocycles. The molecule has 1 amide bonds. The minimum absolute atomic E-state index is 0.0630. The van der Waals surface area contributed by atoms with E-state index < -0.39 is 13.7 Å². The van der Waals surface area contributed by atoms with E-state index in [0.29, 0.717) is 5.56 Å². The highest BCUT2D eigenvalue weighted by Gasteiger charge is 2.36. The maximum atomic E-state index is 11.1. The summed E-state index contributed by atoms with van der Waals surface area (Å²) < 4.78 is 20.5. The molecule has 0 spiro atoms. The number of primary amides is 1. The van der Waals surface area contributed by atoms with Crippen LogP contribution in [0.15, 0.2) is 18.2 Å². The smallest absolute Gasteiger partial charge is 0.391 e. The van der Waals surface area contributed by atoms with Crippen molar-refractivity contribution in [1.29, 1.82) is 0 Å². The van der Waals surface area contributed by atoms with Crippen molar-refractivity contribution in [3.8, 4) is 11.5 Å². The average Bonchev–Trinajstić information content (AvgIpc) is 2.39. The SMILES string of the molecule is NC(=O)Cc1cccc2c1OP(=O)(O)O2. The lowest BCUT2D eigenvalue weighted by Gasteiger charge is -2.02. The van der Waals surface area contributed by atoms with Crippen LogP contribution in [0.25, 0.3) is 0 Å². The molecule has 1 atom stereocenters. The van der Waals surface area contributed by atoms with Crippen LogP contribution in [0, 0.1) is 0 Å². The fraction of sp³-hybridized carbons (Fsp3) is 0.125. The molecule has 1 aliphatic rings. The number of rotatable bonds is 2. The third-order valence-electron chi connectivity index (χ3n) is 1.85. The molecule has 1 aromatic carbocycles. The van der Waals surface area contributed by atoms with E-state index in [-0.39, 0.29) is 17.9 Å². The van der Waals surface area contributed by atoms with Crippen molar-refractivity contribution in [1.82, 2.24) is 0 Å². The molecule has 1 heterocycles. The molecule has 6 nitrogen and oxygen atoms in total. The quantitative estimate of drug-likeness (QED) is 0.723. The number of nitrogens with two attached hydrogens (primary N) is 1. The summed E-state index contributed by atoms with van der Waals surface area (Å²) in [7, 11) is -4.05. The number of amides is 1. The summed E-state index contributed by atoms with van der Waals surface area (Å²) in [4.78, 5) is 19.8. The van der Waals surface area contributed by atoms with Crippen LogP contribution in [0.2, 0.25) is 0 Å². The van der Waals surface area contributed by atoms with E-state index in [1.807, 2.05) is 0 Å². The second-order valence-electron chi connectivity index (χ2n) is 3.04. The number of carbonyl (C=O) groups is 1. The Morgan fingerprint density at radius 2 is 2.20 bits per heavy atom. The number of hydrogen-bond acceptors (Lipinski definition) is 4. The molecule has 0 saturated heterocycles. The minimum Gasteiger partial charge on any atom is -0.391 e. The fourth-order valence-corrected chi connectivity index (χ4v) is 2.19. The van der Waals surface area contributed by atoms with Crippen LogP contribution in [0.4, 0.5) is 0 Å². The van der Waals surface area contributed by atoms with Gasteiger partial charge in [0, 0.05) is 5.56 Å². The normalized spacial score (nSPS) is 22.7. The van der Waals surface area contributed by atoms with Gasteiger partial charge in [0.15, 0.2) is 11.5 Å². The van der Waals surface area contributed by atoms with Gasteiger partial charge in [0.2, 0.25) is 5.91 Å². The maximum Gasteiger partial charge on any atom is 0.585 e. The summed E-state index contributed by atoms with van der Waals surface area (Å²) in [5.41, 5.74) is 5.46. The van der Waals surface area contributed by atoms with Crippen molar-refractivity contribution in [2.75, 3.05) is 0 Å². The Bertz CT molecular complexity index is 472. The third kappa shape index (κ3) is 1.95. The first kappa shape index (κ1) is 10.0. The monoisotopic (exact) mass is 229 g/mol. The van der Waals surface area contributed by atoms with Crippen LogP contribution < -0.4 is 14.8 Å². The topological polar surface area (TPSA) is 98.9 Å². The van der Waals surface area contributed by atoms with E-state index in [9.17, 15) is 9.36 Å². The van der Waals surface area contributed by atoms with Gasteiger partial charge in [-0.05, 0) is 6.07 Å². The van der Waals surface area contributed by atoms with E-state index in [1.54, 1.807) is 12.1 Å². The summed E-state index contributed by atoms with van der Waals surface area (Å²) in [5.74, 6) is -0.284. The standard InChI is InChI=1S/C8H8NO5P/c9-7(10)4-5-2-1-3-6-8(5)14-15(11,12)13-6/h1-3H,4H2,(H2,9,10)(H,11,12). The van der Waals surface area contributed by atoms with E-state index in [1.165, 1.54) is 6.07 Å². The summed E-state index contributed by atoms with van der Waals surface area (Å²) in [6.07, 6.45) is -0.0630. The molecular weight excluding hydrogens is 221 g/mol. The Labute approximate surface area is 85.2 Å². The molecule has 0 aromatic heterocycles. The van der Waals surface area contributed by atoms with Gasteiger partial charge in [-0.1, -0.05) is 12.1 Å². The first-order valence-electron chi connectivity index (χ1n) is 4.10. The molecule has 80 valence electrons. The molecule has 0 fully saturated rings. The molecule has 0 radical (unpaired) electrons. The van der Waals surface area contributed by atoms with Gasteiger partial charge in [-0.2, -0.15) is 0 Å². The number of para-hydroxylation sites is 1. The van der Waals surface area contributed by atoms with Crippen molar-refractivity contribution in [2.45, 2.75) is 6.42 Å². The van der Waals surface area contributed by atoms with E-state index in [0.717, 1.165) is 0 Å². The lowest BCUT2D eigenvalue weighted by atomic mass is 10.1. The number of fused-ring (bicyclic) bond motifs is 1. The Balaban J connectivity index is 2.41. The minimum atomic E-state index is -4.05. The molecule has 3 N–H and O–H groups in total. The fourth-order valence-electron chi connectivity index (χ4n) is 1.32. The Kier molecular flexibility index (Phi) is 2.17. The number of phosphoric acid groups is 1. The predicted molar refractivity (Wildman–Crippen MR) is 50.4 cm³/mol. The summed E-state index contributed by atoms with van der Waals surface area (Å²) >= 11 is 0. The van der Waals surface area contributed by atoms with Crippen molar-refractivity contribution < 1.29 is 23.3 Å². The van der Waals surface area contributed by atoms with Gasteiger partial charge in [-0.15, -0.1) is 0 Å². The summed E-state index contributed by atoms with van der Waals surface area (Å²) in [5, 5.41) is 0. The van der Waals surface area contributed by atoms with Crippen LogP contribution in [0.5, 0.6) is 11.5 Å². The van der Waals surface area contributed by atoms with Crippen LogP contribution in [0.3, 0.4) is 0 Å². The molecule has 1 aromatic rings. The largest absolute Gasteiger partial charge is 0.585 e. The Hall–Kier alpha value is -1.52. The lowest BCUT2D eigenvalue weighted by Crippen LogP contribution is -2.13. The number of carbonyl (C=O) groups excluding carboxylic acids is 1. The van der Waals surface area contributed by atoms with E-state index in [4.69, 9.17) is 15.2 Å². The van der Waals surface area contributed by atoms with Crippen LogP contribution in [-0.2, 0) is 15.8 Å². The van der Waals surface area contributed by atoms with Gasteiger partial charge < -0.3 is 14.8 Å². The summed E-state index contributed by atoms with van der Waals surface area (Å²) in [6.45, 7) is 0. The first-order chi connectivity index (χ1) is 6.98. The van der Waals surface area contributed by atoms with E-state index >= 15 is 0 Å². The van der Waals surface area contributed by atoms with Gasteiger partial charge >= 0.3 is 7.82 Å². The number of benzene rings is 1. The molecule has 0 aliphatic carbocycles. The Morgan fingerprint density at radius 3 is 2.87 bits per heavy atom. The van der Waals surface area contributed by atoms with Crippen molar-refractivity contribution in [3.63, 3.8) is 0 Å². The average molecular weight is 229 g/mol. The highest BCUT2D eigenvalue weighted by molar-refractivity contribution is 7.48. The molecular formula is C8H8NO5P. The molecule has 1 unspecified atom stereocenters. The van der Waals surface area contributed by atoms with Crippen molar-refractivity contribution >= 4 is 13.7 Å². The molecule has 0 saturated carbocycles. The lowest BCUT2D eigenvalue weighted by molar-refractivity contribution is -0.117. The molecule has 0 bridgehead atoms. The number of phosphoric ester groups is 1. The molecule has 7 heteroatoms. The van der Waals surface area contributed by atoms with Gasteiger partial charge in [-0.3, -0.25) is 9.69 Å².